The summed E-state index contributed by atoms with van der Waals surface area (Å²) >= 11 is 1.59. The van der Waals surface area contributed by atoms with E-state index in [1.807, 2.05) is 27.8 Å². The Morgan fingerprint density at radius 2 is 2.06 bits per heavy atom. The van der Waals surface area contributed by atoms with Crippen LogP contribution in [0.3, 0.4) is 0 Å². The SMILES string of the molecule is Cc1nn(C)cc1C(=O)Cc1nc(C)c(C)s1. The highest BCUT2D eigenvalue weighted by Gasteiger charge is 2.15. The van der Waals surface area contributed by atoms with Crippen LogP contribution >= 0.6 is 11.3 Å². The number of hydrogen-bond donors (Lipinski definition) is 0. The Kier molecular flexibility index (Phi) is 3.11. The molecule has 0 radical (unpaired) electrons. The molecule has 4 nitrogen and oxygen atoms in total. The number of Topliss-reactive ketones (excluding diaryl/α,β-unsaturated/α-hetero) is 1. The number of carbonyl (C=O) groups excluding carboxylic acids is 1. The fourth-order valence-corrected chi connectivity index (χ4v) is 2.65. The number of rotatable bonds is 3. The summed E-state index contributed by atoms with van der Waals surface area (Å²) in [7, 11) is 1.82. The lowest BCUT2D eigenvalue weighted by atomic mass is 10.1. The van der Waals surface area contributed by atoms with Crippen molar-refractivity contribution in [2.45, 2.75) is 27.2 Å². The van der Waals surface area contributed by atoms with E-state index < -0.39 is 0 Å². The van der Waals surface area contributed by atoms with Crippen molar-refractivity contribution in [3.05, 3.63) is 33.0 Å². The molecular weight excluding hydrogens is 234 g/mol. The van der Waals surface area contributed by atoms with E-state index >= 15 is 0 Å². The summed E-state index contributed by atoms with van der Waals surface area (Å²) in [5, 5.41) is 5.06. The van der Waals surface area contributed by atoms with Crippen molar-refractivity contribution in [3.8, 4) is 0 Å². The first kappa shape index (κ1) is 12.0. The number of hydrogen-bond acceptors (Lipinski definition) is 4. The van der Waals surface area contributed by atoms with Gasteiger partial charge < -0.3 is 0 Å². The minimum atomic E-state index is 0.0874. The van der Waals surface area contributed by atoms with Gasteiger partial charge in [0.15, 0.2) is 5.78 Å². The molecule has 0 saturated carbocycles. The van der Waals surface area contributed by atoms with E-state index in [1.165, 1.54) is 4.88 Å². The van der Waals surface area contributed by atoms with E-state index in [0.717, 1.165) is 16.4 Å². The van der Waals surface area contributed by atoms with Gasteiger partial charge >= 0.3 is 0 Å². The molecule has 2 rings (SSSR count). The zero-order chi connectivity index (χ0) is 12.6. The lowest BCUT2D eigenvalue weighted by Gasteiger charge is -1.95. The number of carbonyl (C=O) groups is 1. The molecule has 0 unspecified atom stereocenters. The number of aromatic nitrogens is 3. The van der Waals surface area contributed by atoms with Crippen LogP contribution in [0.5, 0.6) is 0 Å². The van der Waals surface area contributed by atoms with Crippen LogP contribution in [0, 0.1) is 20.8 Å². The molecule has 0 bridgehead atoms. The van der Waals surface area contributed by atoms with E-state index in [1.54, 1.807) is 22.2 Å². The Labute approximate surface area is 104 Å². The van der Waals surface area contributed by atoms with Crippen molar-refractivity contribution in [1.82, 2.24) is 14.8 Å². The predicted molar refractivity (Wildman–Crippen MR) is 67.6 cm³/mol. The quantitative estimate of drug-likeness (QED) is 0.784. The second-order valence-electron chi connectivity index (χ2n) is 4.15. The maximum Gasteiger partial charge on any atom is 0.173 e. The van der Waals surface area contributed by atoms with Gasteiger partial charge in [-0.15, -0.1) is 11.3 Å². The summed E-state index contributed by atoms with van der Waals surface area (Å²) in [5.74, 6) is 0.0874. The normalized spacial score (nSPS) is 10.8. The third kappa shape index (κ3) is 2.44. The van der Waals surface area contributed by atoms with Crippen LogP contribution in [0.1, 0.15) is 31.6 Å². The van der Waals surface area contributed by atoms with Gasteiger partial charge in [0.05, 0.1) is 23.4 Å². The summed E-state index contributed by atoms with van der Waals surface area (Å²) < 4.78 is 1.67. The number of aryl methyl sites for hydroxylation is 4. The molecule has 2 aromatic rings. The Balaban J connectivity index is 2.19. The van der Waals surface area contributed by atoms with Crippen molar-refractivity contribution in [2.75, 3.05) is 0 Å². The lowest BCUT2D eigenvalue weighted by molar-refractivity contribution is 0.0992. The lowest BCUT2D eigenvalue weighted by Crippen LogP contribution is -2.03. The van der Waals surface area contributed by atoms with Gasteiger partial charge in [-0.1, -0.05) is 0 Å². The fraction of sp³-hybridized carbons (Fsp3) is 0.417. The topological polar surface area (TPSA) is 47.8 Å². The molecular formula is C12H15N3OS. The average Bonchev–Trinajstić information content (AvgIpc) is 2.71. The minimum absolute atomic E-state index is 0.0874. The van der Waals surface area contributed by atoms with E-state index in [0.29, 0.717) is 12.0 Å². The van der Waals surface area contributed by atoms with E-state index in [-0.39, 0.29) is 5.78 Å². The highest BCUT2D eigenvalue weighted by Crippen LogP contribution is 2.18. The van der Waals surface area contributed by atoms with Gasteiger partial charge in [-0.3, -0.25) is 9.48 Å². The largest absolute Gasteiger partial charge is 0.294 e. The van der Waals surface area contributed by atoms with E-state index in [2.05, 4.69) is 10.1 Å². The van der Waals surface area contributed by atoms with Gasteiger partial charge in [0.2, 0.25) is 0 Å². The van der Waals surface area contributed by atoms with Crippen molar-refractivity contribution < 1.29 is 4.79 Å². The summed E-state index contributed by atoms with van der Waals surface area (Å²) in [6.07, 6.45) is 2.14. The highest BCUT2D eigenvalue weighted by atomic mass is 32.1. The Morgan fingerprint density at radius 3 is 2.53 bits per heavy atom. The molecule has 0 spiro atoms. The Bertz CT molecular complexity index is 549. The number of nitrogens with zero attached hydrogens (tertiary/aromatic N) is 3. The summed E-state index contributed by atoms with van der Waals surface area (Å²) in [5.41, 5.74) is 2.49. The molecule has 0 aliphatic rings. The standard InChI is InChI=1S/C12H15N3OS/c1-7-9(3)17-12(13-7)5-11(16)10-6-15(4)14-8(10)2/h6H,5H2,1-4H3. The zero-order valence-corrected chi connectivity index (χ0v) is 11.3. The van der Waals surface area contributed by atoms with Crippen LogP contribution < -0.4 is 0 Å². The van der Waals surface area contributed by atoms with Gasteiger partial charge in [-0.05, 0) is 20.8 Å². The third-order valence-electron chi connectivity index (χ3n) is 2.70. The van der Waals surface area contributed by atoms with Crippen molar-refractivity contribution in [1.29, 1.82) is 0 Å². The third-order valence-corrected chi connectivity index (χ3v) is 3.77. The van der Waals surface area contributed by atoms with Crippen LogP contribution in [0.2, 0.25) is 0 Å². The molecule has 0 aliphatic heterocycles. The summed E-state index contributed by atoms with van der Waals surface area (Å²) in [6, 6.07) is 0. The molecule has 0 fully saturated rings. The molecule has 0 aliphatic carbocycles. The van der Waals surface area contributed by atoms with Crippen LogP contribution in [-0.2, 0) is 13.5 Å². The Hall–Kier alpha value is -1.49. The van der Waals surface area contributed by atoms with Gasteiger partial charge in [0.25, 0.3) is 0 Å². The van der Waals surface area contributed by atoms with Crippen LogP contribution in [0.15, 0.2) is 6.20 Å². The summed E-state index contributed by atoms with van der Waals surface area (Å²) in [4.78, 5) is 17.6. The van der Waals surface area contributed by atoms with Crippen LogP contribution in [0.4, 0.5) is 0 Å². The van der Waals surface area contributed by atoms with Crippen molar-refractivity contribution in [2.24, 2.45) is 7.05 Å². The predicted octanol–water partition coefficient (Wildman–Crippen LogP) is 2.23. The van der Waals surface area contributed by atoms with E-state index in [9.17, 15) is 4.79 Å². The smallest absolute Gasteiger partial charge is 0.173 e. The van der Waals surface area contributed by atoms with E-state index in [4.69, 9.17) is 0 Å². The monoisotopic (exact) mass is 249 g/mol. The maximum atomic E-state index is 12.1. The first-order valence-electron chi connectivity index (χ1n) is 5.43. The average molecular weight is 249 g/mol. The van der Waals surface area contributed by atoms with Gasteiger partial charge in [0.1, 0.15) is 5.01 Å². The molecule has 90 valence electrons. The zero-order valence-electron chi connectivity index (χ0n) is 10.4. The highest BCUT2D eigenvalue weighted by molar-refractivity contribution is 7.11. The first-order valence-corrected chi connectivity index (χ1v) is 6.25. The molecule has 2 aromatic heterocycles. The molecule has 0 N–H and O–H groups in total. The molecule has 0 atom stereocenters. The van der Waals surface area contributed by atoms with Gasteiger partial charge in [-0.2, -0.15) is 5.10 Å². The van der Waals surface area contributed by atoms with Crippen molar-refractivity contribution in [3.63, 3.8) is 0 Å². The van der Waals surface area contributed by atoms with Gasteiger partial charge in [-0.25, -0.2) is 4.98 Å². The first-order chi connectivity index (χ1) is 7.97. The van der Waals surface area contributed by atoms with Crippen molar-refractivity contribution >= 4 is 17.1 Å². The maximum absolute atomic E-state index is 12.1. The second-order valence-corrected chi connectivity index (χ2v) is 5.44. The Morgan fingerprint density at radius 1 is 1.35 bits per heavy atom. The molecule has 0 aromatic carbocycles. The van der Waals surface area contributed by atoms with Crippen LogP contribution in [0.25, 0.3) is 0 Å². The molecule has 2 heterocycles. The van der Waals surface area contributed by atoms with Crippen LogP contribution in [-0.4, -0.2) is 20.5 Å². The second kappa shape index (κ2) is 4.41. The van der Waals surface area contributed by atoms with Gasteiger partial charge in [0, 0.05) is 18.1 Å². The summed E-state index contributed by atoms with van der Waals surface area (Å²) in [6.45, 7) is 5.84. The number of ketones is 1. The minimum Gasteiger partial charge on any atom is -0.294 e. The fourth-order valence-electron chi connectivity index (χ4n) is 1.72. The molecule has 5 heteroatoms. The molecule has 0 saturated heterocycles. The molecule has 17 heavy (non-hydrogen) atoms. The number of thiazole rings is 1. The molecule has 0 amide bonds.